The summed E-state index contributed by atoms with van der Waals surface area (Å²) in [5.74, 6) is 0.631. The largest absolute Gasteiger partial charge is 0.487 e. The second-order valence-corrected chi connectivity index (χ2v) is 4.78. The number of likely N-dealkylation sites (N-methyl/N-ethyl adjacent to an activating group) is 1. The predicted octanol–water partition coefficient (Wildman–Crippen LogP) is 1.06. The van der Waals surface area contributed by atoms with Crippen molar-refractivity contribution in [2.24, 2.45) is 0 Å². The molecule has 5 heteroatoms. The van der Waals surface area contributed by atoms with Crippen molar-refractivity contribution in [3.8, 4) is 5.75 Å². The van der Waals surface area contributed by atoms with Gasteiger partial charge >= 0.3 is 0 Å². The zero-order valence-electron chi connectivity index (χ0n) is 10.6. The third-order valence-electron chi connectivity index (χ3n) is 3.56. The standard InChI is InChI=1S/C13H18FN3O/c1-16-6-7-18-13-11(16)8-10(14)9-12(13)17-4-2-15-3-5-17/h8-9,15H,2-7H2,1H3. The van der Waals surface area contributed by atoms with Crippen molar-refractivity contribution in [3.63, 3.8) is 0 Å². The minimum absolute atomic E-state index is 0.195. The summed E-state index contributed by atoms with van der Waals surface area (Å²) in [4.78, 5) is 4.24. The third kappa shape index (κ3) is 1.99. The van der Waals surface area contributed by atoms with Crippen LogP contribution in [0, 0.1) is 5.82 Å². The molecule has 2 aliphatic rings. The first-order valence-electron chi connectivity index (χ1n) is 6.39. The average molecular weight is 251 g/mol. The van der Waals surface area contributed by atoms with Crippen LogP contribution in [-0.2, 0) is 0 Å². The summed E-state index contributed by atoms with van der Waals surface area (Å²) >= 11 is 0. The van der Waals surface area contributed by atoms with Gasteiger partial charge in [0, 0.05) is 45.4 Å². The van der Waals surface area contributed by atoms with Gasteiger partial charge in [0.25, 0.3) is 0 Å². The van der Waals surface area contributed by atoms with Crippen LogP contribution < -0.4 is 19.9 Å². The van der Waals surface area contributed by atoms with Crippen LogP contribution >= 0.6 is 0 Å². The van der Waals surface area contributed by atoms with Gasteiger partial charge in [-0.3, -0.25) is 0 Å². The fraction of sp³-hybridized carbons (Fsp3) is 0.538. The third-order valence-corrected chi connectivity index (χ3v) is 3.56. The molecule has 0 radical (unpaired) electrons. The van der Waals surface area contributed by atoms with Gasteiger partial charge in [0.05, 0.1) is 17.9 Å². The molecule has 0 saturated carbocycles. The fourth-order valence-corrected chi connectivity index (χ4v) is 2.54. The number of halogens is 1. The van der Waals surface area contributed by atoms with Crippen molar-refractivity contribution in [2.45, 2.75) is 0 Å². The predicted molar refractivity (Wildman–Crippen MR) is 70.2 cm³/mol. The number of rotatable bonds is 1. The van der Waals surface area contributed by atoms with Gasteiger partial charge in [0.15, 0.2) is 5.75 Å². The van der Waals surface area contributed by atoms with E-state index >= 15 is 0 Å². The average Bonchev–Trinajstić information content (AvgIpc) is 2.40. The molecule has 18 heavy (non-hydrogen) atoms. The molecule has 0 atom stereocenters. The molecule has 0 amide bonds. The smallest absolute Gasteiger partial charge is 0.166 e. The topological polar surface area (TPSA) is 27.7 Å². The van der Waals surface area contributed by atoms with Crippen LogP contribution in [0.5, 0.6) is 5.75 Å². The van der Waals surface area contributed by atoms with Crippen molar-refractivity contribution in [1.29, 1.82) is 0 Å². The summed E-state index contributed by atoms with van der Waals surface area (Å²) in [7, 11) is 1.97. The van der Waals surface area contributed by atoms with E-state index in [0.29, 0.717) is 6.61 Å². The lowest BCUT2D eigenvalue weighted by atomic mass is 10.1. The number of fused-ring (bicyclic) bond motifs is 1. The molecule has 0 bridgehead atoms. The lowest BCUT2D eigenvalue weighted by Crippen LogP contribution is -2.44. The molecule has 1 aromatic rings. The molecular weight excluding hydrogens is 233 g/mol. The van der Waals surface area contributed by atoms with Gasteiger partial charge in [0.2, 0.25) is 0 Å². The Morgan fingerprint density at radius 2 is 1.89 bits per heavy atom. The molecule has 0 aromatic heterocycles. The first-order valence-corrected chi connectivity index (χ1v) is 6.39. The molecular formula is C13H18FN3O. The normalized spacial score (nSPS) is 19.4. The van der Waals surface area contributed by atoms with Crippen molar-refractivity contribution in [2.75, 3.05) is 56.2 Å². The van der Waals surface area contributed by atoms with Crippen LogP contribution in [0.15, 0.2) is 12.1 Å². The first-order chi connectivity index (χ1) is 8.75. The molecule has 1 aromatic carbocycles. The van der Waals surface area contributed by atoms with Crippen LogP contribution in [0.25, 0.3) is 0 Å². The van der Waals surface area contributed by atoms with Crippen LogP contribution in [0.4, 0.5) is 15.8 Å². The zero-order valence-corrected chi connectivity index (χ0v) is 10.6. The Morgan fingerprint density at radius 1 is 1.17 bits per heavy atom. The van der Waals surface area contributed by atoms with E-state index in [2.05, 4.69) is 10.2 Å². The molecule has 2 aliphatic heterocycles. The Morgan fingerprint density at radius 3 is 2.67 bits per heavy atom. The Labute approximate surface area is 106 Å². The highest BCUT2D eigenvalue weighted by atomic mass is 19.1. The first kappa shape index (κ1) is 11.6. The van der Waals surface area contributed by atoms with Crippen LogP contribution in [0.1, 0.15) is 0 Å². The van der Waals surface area contributed by atoms with E-state index < -0.39 is 0 Å². The van der Waals surface area contributed by atoms with Crippen LogP contribution in [0.3, 0.4) is 0 Å². The molecule has 0 unspecified atom stereocenters. The molecule has 1 saturated heterocycles. The van der Waals surface area contributed by atoms with Crippen molar-refractivity contribution in [3.05, 3.63) is 17.9 Å². The summed E-state index contributed by atoms with van der Waals surface area (Å²) in [6.45, 7) is 5.11. The van der Waals surface area contributed by atoms with Crippen LogP contribution in [0.2, 0.25) is 0 Å². The van der Waals surface area contributed by atoms with Gasteiger partial charge < -0.3 is 19.9 Å². The summed E-state index contributed by atoms with van der Waals surface area (Å²) in [6, 6.07) is 3.14. The molecule has 1 N–H and O–H groups in total. The molecule has 4 nitrogen and oxygen atoms in total. The van der Waals surface area contributed by atoms with Gasteiger partial charge in [0.1, 0.15) is 12.4 Å². The van der Waals surface area contributed by atoms with Gasteiger partial charge in [-0.2, -0.15) is 0 Å². The number of hydrogen-bond donors (Lipinski definition) is 1. The van der Waals surface area contributed by atoms with Crippen molar-refractivity contribution >= 4 is 11.4 Å². The Kier molecular flexibility index (Phi) is 2.99. The number of piperazine rings is 1. The lowest BCUT2D eigenvalue weighted by molar-refractivity contribution is 0.310. The van der Waals surface area contributed by atoms with E-state index in [0.717, 1.165) is 49.8 Å². The quantitative estimate of drug-likeness (QED) is 0.808. The lowest BCUT2D eigenvalue weighted by Gasteiger charge is -2.35. The van der Waals surface area contributed by atoms with E-state index in [1.165, 1.54) is 0 Å². The van der Waals surface area contributed by atoms with Crippen molar-refractivity contribution < 1.29 is 9.13 Å². The number of anilines is 2. The monoisotopic (exact) mass is 251 g/mol. The van der Waals surface area contributed by atoms with E-state index in [9.17, 15) is 4.39 Å². The minimum Gasteiger partial charge on any atom is -0.487 e. The van der Waals surface area contributed by atoms with Gasteiger partial charge in [-0.05, 0) is 0 Å². The highest BCUT2D eigenvalue weighted by Crippen LogP contribution is 2.40. The highest BCUT2D eigenvalue weighted by Gasteiger charge is 2.24. The Bertz CT molecular complexity index is 446. The number of nitrogens with zero attached hydrogens (tertiary/aromatic N) is 2. The summed E-state index contributed by atoms with van der Waals surface area (Å²) in [5.41, 5.74) is 1.74. The molecule has 2 heterocycles. The number of nitrogens with one attached hydrogen (secondary N) is 1. The maximum atomic E-state index is 13.8. The molecule has 0 aliphatic carbocycles. The molecule has 98 valence electrons. The summed E-state index contributed by atoms with van der Waals surface area (Å²) < 4.78 is 19.5. The molecule has 1 fully saturated rings. The molecule has 3 rings (SSSR count). The zero-order chi connectivity index (χ0) is 12.5. The molecule has 0 spiro atoms. The maximum Gasteiger partial charge on any atom is 0.166 e. The van der Waals surface area contributed by atoms with E-state index in [1.54, 1.807) is 12.1 Å². The van der Waals surface area contributed by atoms with Gasteiger partial charge in [-0.15, -0.1) is 0 Å². The van der Waals surface area contributed by atoms with E-state index in [-0.39, 0.29) is 5.82 Å². The number of benzene rings is 1. The summed E-state index contributed by atoms with van der Waals surface area (Å²) in [6.07, 6.45) is 0. The maximum absolute atomic E-state index is 13.8. The van der Waals surface area contributed by atoms with E-state index in [4.69, 9.17) is 4.74 Å². The summed E-state index contributed by atoms with van der Waals surface area (Å²) in [5, 5.41) is 3.30. The SMILES string of the molecule is CN1CCOc2c1cc(F)cc2N1CCNCC1. The van der Waals surface area contributed by atoms with Gasteiger partial charge in [-0.25, -0.2) is 4.39 Å². The van der Waals surface area contributed by atoms with Gasteiger partial charge in [-0.1, -0.05) is 0 Å². The highest BCUT2D eigenvalue weighted by molar-refractivity contribution is 5.74. The second kappa shape index (κ2) is 4.65. The van der Waals surface area contributed by atoms with Crippen molar-refractivity contribution in [1.82, 2.24) is 5.32 Å². The Hall–Kier alpha value is -1.49. The van der Waals surface area contributed by atoms with E-state index in [1.807, 2.05) is 11.9 Å². The Balaban J connectivity index is 2.02. The van der Waals surface area contributed by atoms with Crippen LogP contribution in [-0.4, -0.2) is 46.4 Å². The minimum atomic E-state index is -0.195. The number of hydrogen-bond acceptors (Lipinski definition) is 4. The second-order valence-electron chi connectivity index (χ2n) is 4.78. The fourth-order valence-electron chi connectivity index (χ4n) is 2.54. The number of ether oxygens (including phenoxy) is 1.